The summed E-state index contributed by atoms with van der Waals surface area (Å²) in [6.07, 6.45) is 0. The van der Waals surface area contributed by atoms with Gasteiger partial charge in [-0.05, 0) is 31.7 Å². The zero-order valence-electron chi connectivity index (χ0n) is 9.57. The van der Waals surface area contributed by atoms with Crippen molar-refractivity contribution in [3.8, 4) is 6.07 Å². The minimum absolute atomic E-state index is 0.0264. The molecule has 0 fully saturated rings. The monoisotopic (exact) mass is 237 g/mol. The van der Waals surface area contributed by atoms with Crippen LogP contribution >= 0.6 is 11.6 Å². The standard InChI is InChI=1S/C12H16ClN3/c1-9(6-14)7-16(2)8-10-3-4-11(13)5-12(10)15/h3-5,9H,7-8,15H2,1-2H3. The van der Waals surface area contributed by atoms with Crippen molar-refractivity contribution < 1.29 is 0 Å². The van der Waals surface area contributed by atoms with E-state index in [1.54, 1.807) is 6.07 Å². The molecule has 3 nitrogen and oxygen atoms in total. The van der Waals surface area contributed by atoms with Gasteiger partial charge >= 0.3 is 0 Å². The molecule has 0 aliphatic heterocycles. The van der Waals surface area contributed by atoms with Gasteiger partial charge in [0.05, 0.1) is 12.0 Å². The fourth-order valence-corrected chi connectivity index (χ4v) is 1.75. The minimum Gasteiger partial charge on any atom is -0.398 e. The molecule has 16 heavy (non-hydrogen) atoms. The van der Waals surface area contributed by atoms with E-state index in [1.807, 2.05) is 26.1 Å². The fourth-order valence-electron chi connectivity index (χ4n) is 1.57. The quantitative estimate of drug-likeness (QED) is 0.819. The van der Waals surface area contributed by atoms with Crippen LogP contribution in [0.25, 0.3) is 0 Å². The van der Waals surface area contributed by atoms with Crippen LogP contribution in [0.5, 0.6) is 0 Å². The Morgan fingerprint density at radius 1 is 1.56 bits per heavy atom. The van der Waals surface area contributed by atoms with E-state index in [-0.39, 0.29) is 5.92 Å². The molecule has 0 aromatic heterocycles. The number of nitrogen functional groups attached to an aromatic ring is 1. The van der Waals surface area contributed by atoms with E-state index in [2.05, 4.69) is 11.0 Å². The topological polar surface area (TPSA) is 53.0 Å². The number of rotatable bonds is 4. The van der Waals surface area contributed by atoms with Crippen molar-refractivity contribution in [2.75, 3.05) is 19.3 Å². The Kier molecular flexibility index (Phi) is 4.60. The van der Waals surface area contributed by atoms with E-state index >= 15 is 0 Å². The van der Waals surface area contributed by atoms with Gasteiger partial charge in [0.15, 0.2) is 0 Å². The summed E-state index contributed by atoms with van der Waals surface area (Å²) < 4.78 is 0. The normalized spacial score (nSPS) is 12.4. The lowest BCUT2D eigenvalue weighted by atomic mass is 10.1. The van der Waals surface area contributed by atoms with E-state index in [0.717, 1.165) is 18.7 Å². The van der Waals surface area contributed by atoms with Gasteiger partial charge in [-0.2, -0.15) is 5.26 Å². The average molecular weight is 238 g/mol. The van der Waals surface area contributed by atoms with Crippen molar-refractivity contribution in [2.45, 2.75) is 13.5 Å². The molecular weight excluding hydrogens is 222 g/mol. The first-order chi connectivity index (χ1) is 7.52. The Bertz CT molecular complexity index is 398. The highest BCUT2D eigenvalue weighted by Gasteiger charge is 2.07. The van der Waals surface area contributed by atoms with E-state index in [4.69, 9.17) is 22.6 Å². The molecule has 0 saturated carbocycles. The van der Waals surface area contributed by atoms with Crippen molar-refractivity contribution in [3.63, 3.8) is 0 Å². The van der Waals surface area contributed by atoms with Crippen LogP contribution in [0.2, 0.25) is 5.02 Å². The maximum atomic E-state index is 8.72. The summed E-state index contributed by atoms with van der Waals surface area (Å²) >= 11 is 5.82. The molecule has 1 aromatic carbocycles. The summed E-state index contributed by atoms with van der Waals surface area (Å²) in [6.45, 7) is 3.37. The molecule has 0 aliphatic carbocycles. The van der Waals surface area contributed by atoms with Crippen molar-refractivity contribution >= 4 is 17.3 Å². The van der Waals surface area contributed by atoms with Crippen molar-refractivity contribution in [1.29, 1.82) is 5.26 Å². The number of nitrogens with zero attached hydrogens (tertiary/aromatic N) is 2. The highest BCUT2D eigenvalue weighted by Crippen LogP contribution is 2.19. The number of hydrogen-bond acceptors (Lipinski definition) is 3. The van der Waals surface area contributed by atoms with Crippen LogP contribution < -0.4 is 5.73 Å². The Balaban J connectivity index is 2.63. The average Bonchev–Trinajstić information content (AvgIpc) is 2.22. The molecular formula is C12H16ClN3. The van der Waals surface area contributed by atoms with E-state index in [9.17, 15) is 0 Å². The SMILES string of the molecule is CC(C#N)CN(C)Cc1ccc(Cl)cc1N. The van der Waals surface area contributed by atoms with Crippen molar-refractivity contribution in [1.82, 2.24) is 4.90 Å². The van der Waals surface area contributed by atoms with Gasteiger partial charge in [0.1, 0.15) is 0 Å². The minimum atomic E-state index is 0.0264. The number of hydrogen-bond donors (Lipinski definition) is 1. The summed E-state index contributed by atoms with van der Waals surface area (Å²) in [5, 5.41) is 9.37. The molecule has 0 bridgehead atoms. The summed E-state index contributed by atoms with van der Waals surface area (Å²) in [5.41, 5.74) is 7.59. The lowest BCUT2D eigenvalue weighted by Gasteiger charge is -2.18. The van der Waals surface area contributed by atoms with Crippen LogP contribution in [0.4, 0.5) is 5.69 Å². The third-order valence-corrected chi connectivity index (χ3v) is 2.59. The molecule has 86 valence electrons. The highest BCUT2D eigenvalue weighted by atomic mass is 35.5. The Hall–Kier alpha value is -1.24. The van der Waals surface area contributed by atoms with Gasteiger partial charge in [0.25, 0.3) is 0 Å². The second-order valence-corrected chi connectivity index (χ2v) is 4.51. The number of nitrogens with two attached hydrogens (primary N) is 1. The molecule has 1 atom stereocenters. The zero-order chi connectivity index (χ0) is 12.1. The molecule has 0 heterocycles. The van der Waals surface area contributed by atoms with E-state index in [0.29, 0.717) is 10.7 Å². The van der Waals surface area contributed by atoms with Gasteiger partial charge in [-0.3, -0.25) is 0 Å². The van der Waals surface area contributed by atoms with Crippen LogP contribution in [0.3, 0.4) is 0 Å². The fraction of sp³-hybridized carbons (Fsp3) is 0.417. The van der Waals surface area contributed by atoms with Gasteiger partial charge < -0.3 is 10.6 Å². The highest BCUT2D eigenvalue weighted by molar-refractivity contribution is 6.30. The number of benzene rings is 1. The first-order valence-electron chi connectivity index (χ1n) is 5.15. The molecule has 0 saturated heterocycles. The summed E-state index contributed by atoms with van der Waals surface area (Å²) in [5.74, 6) is 0.0264. The summed E-state index contributed by atoms with van der Waals surface area (Å²) in [7, 11) is 1.97. The molecule has 1 unspecified atom stereocenters. The lowest BCUT2D eigenvalue weighted by Crippen LogP contribution is -2.23. The van der Waals surface area contributed by atoms with Gasteiger partial charge in [-0.1, -0.05) is 17.7 Å². The third kappa shape index (κ3) is 3.73. The van der Waals surface area contributed by atoms with Crippen LogP contribution in [0, 0.1) is 17.2 Å². The molecule has 0 aliphatic rings. The molecule has 0 radical (unpaired) electrons. The van der Waals surface area contributed by atoms with Crippen LogP contribution in [0.15, 0.2) is 18.2 Å². The Labute approximate surface area is 101 Å². The van der Waals surface area contributed by atoms with E-state index < -0.39 is 0 Å². The molecule has 0 spiro atoms. The van der Waals surface area contributed by atoms with Gasteiger partial charge in [0, 0.05) is 23.8 Å². The summed E-state index contributed by atoms with van der Waals surface area (Å²) in [4.78, 5) is 2.08. The predicted octanol–water partition coefficient (Wildman–Crippen LogP) is 2.51. The Morgan fingerprint density at radius 3 is 2.81 bits per heavy atom. The molecule has 1 aromatic rings. The first-order valence-corrected chi connectivity index (χ1v) is 5.52. The molecule has 0 amide bonds. The smallest absolute Gasteiger partial charge is 0.0666 e. The van der Waals surface area contributed by atoms with Crippen LogP contribution in [-0.2, 0) is 6.54 Å². The van der Waals surface area contributed by atoms with E-state index in [1.165, 1.54) is 0 Å². The lowest BCUT2D eigenvalue weighted by molar-refractivity contribution is 0.303. The largest absolute Gasteiger partial charge is 0.398 e. The Morgan fingerprint density at radius 2 is 2.25 bits per heavy atom. The van der Waals surface area contributed by atoms with Gasteiger partial charge in [0.2, 0.25) is 0 Å². The number of nitriles is 1. The summed E-state index contributed by atoms with van der Waals surface area (Å²) in [6, 6.07) is 7.71. The van der Waals surface area contributed by atoms with Crippen LogP contribution in [-0.4, -0.2) is 18.5 Å². The van der Waals surface area contributed by atoms with Crippen LogP contribution in [0.1, 0.15) is 12.5 Å². The maximum Gasteiger partial charge on any atom is 0.0666 e. The van der Waals surface area contributed by atoms with Gasteiger partial charge in [-0.15, -0.1) is 0 Å². The second-order valence-electron chi connectivity index (χ2n) is 4.07. The van der Waals surface area contributed by atoms with Gasteiger partial charge in [-0.25, -0.2) is 0 Å². The molecule has 2 N–H and O–H groups in total. The predicted molar refractivity (Wildman–Crippen MR) is 67.0 cm³/mol. The van der Waals surface area contributed by atoms with Crippen molar-refractivity contribution in [3.05, 3.63) is 28.8 Å². The molecule has 4 heteroatoms. The van der Waals surface area contributed by atoms with Crippen molar-refractivity contribution in [2.24, 2.45) is 5.92 Å². The number of halogens is 1. The number of anilines is 1. The first kappa shape index (κ1) is 12.8. The molecule has 1 rings (SSSR count). The maximum absolute atomic E-state index is 8.72. The third-order valence-electron chi connectivity index (χ3n) is 2.35. The second kappa shape index (κ2) is 5.74. The zero-order valence-corrected chi connectivity index (χ0v) is 10.3.